The zero-order valence-corrected chi connectivity index (χ0v) is 13.0. The summed E-state index contributed by atoms with van der Waals surface area (Å²) >= 11 is 6.04. The number of phenolic OH excluding ortho intramolecular Hbond substituents is 1. The molecule has 1 aromatic heterocycles. The van der Waals surface area contributed by atoms with E-state index in [0.29, 0.717) is 16.0 Å². The first-order valence-corrected chi connectivity index (χ1v) is 7.18. The molecule has 1 heterocycles. The lowest BCUT2D eigenvalue weighted by molar-refractivity contribution is 0.100. The van der Waals surface area contributed by atoms with Gasteiger partial charge in [0.2, 0.25) is 0 Å². The van der Waals surface area contributed by atoms with Crippen LogP contribution in [0, 0.1) is 13.8 Å². The molecule has 0 saturated heterocycles. The molecule has 0 atom stereocenters. The average Bonchev–Trinajstić information content (AvgIpc) is 2.82. The van der Waals surface area contributed by atoms with Gasteiger partial charge < -0.3 is 15.4 Å². The number of nitrogens with two attached hydrogens (primary N) is 1. The molecular weight excluding hydrogens is 300 g/mol. The second-order valence-corrected chi connectivity index (χ2v) is 5.75. The Morgan fingerprint density at radius 2 is 1.95 bits per heavy atom. The number of aromatic hydroxyl groups is 1. The molecule has 3 N–H and O–H groups in total. The van der Waals surface area contributed by atoms with E-state index in [0.717, 1.165) is 22.3 Å². The summed E-state index contributed by atoms with van der Waals surface area (Å²) in [5, 5.41) is 11.2. The monoisotopic (exact) mass is 314 g/mol. The molecule has 0 saturated carbocycles. The number of aromatic nitrogens is 1. The number of carbonyl (C=O) groups is 1. The van der Waals surface area contributed by atoms with E-state index in [9.17, 15) is 9.90 Å². The highest BCUT2D eigenvalue weighted by molar-refractivity contribution is 6.31. The Morgan fingerprint density at radius 3 is 2.64 bits per heavy atom. The summed E-state index contributed by atoms with van der Waals surface area (Å²) in [5.74, 6) is -0.307. The first kappa shape index (κ1) is 14.5. The van der Waals surface area contributed by atoms with Crippen molar-refractivity contribution in [2.24, 2.45) is 5.73 Å². The maximum absolute atomic E-state index is 11.7. The highest BCUT2D eigenvalue weighted by atomic mass is 35.5. The fourth-order valence-corrected chi connectivity index (χ4v) is 2.95. The van der Waals surface area contributed by atoms with Crippen LogP contribution in [-0.2, 0) is 0 Å². The van der Waals surface area contributed by atoms with Gasteiger partial charge in [-0.1, -0.05) is 17.7 Å². The number of benzene rings is 2. The van der Waals surface area contributed by atoms with E-state index >= 15 is 0 Å². The van der Waals surface area contributed by atoms with Gasteiger partial charge in [-0.15, -0.1) is 0 Å². The molecule has 3 aromatic rings. The van der Waals surface area contributed by atoms with E-state index in [-0.39, 0.29) is 5.75 Å². The van der Waals surface area contributed by atoms with Crippen LogP contribution in [0.5, 0.6) is 5.75 Å². The first-order chi connectivity index (χ1) is 10.4. The van der Waals surface area contributed by atoms with Crippen LogP contribution in [0.3, 0.4) is 0 Å². The molecule has 0 spiro atoms. The quantitative estimate of drug-likeness (QED) is 0.757. The minimum Gasteiger partial charge on any atom is -0.508 e. The lowest BCUT2D eigenvalue weighted by Gasteiger charge is -2.14. The summed E-state index contributed by atoms with van der Waals surface area (Å²) in [4.78, 5) is 11.7. The lowest BCUT2D eigenvalue weighted by atomic mass is 10.1. The minimum atomic E-state index is -0.513. The lowest BCUT2D eigenvalue weighted by Crippen LogP contribution is -2.10. The molecule has 0 radical (unpaired) electrons. The van der Waals surface area contributed by atoms with Gasteiger partial charge in [-0.05, 0) is 43.7 Å². The number of hydrogen-bond donors (Lipinski definition) is 2. The molecule has 0 bridgehead atoms. The smallest absolute Gasteiger partial charge is 0.250 e. The van der Waals surface area contributed by atoms with Crippen molar-refractivity contribution in [3.8, 4) is 11.4 Å². The second kappa shape index (κ2) is 5.07. The highest BCUT2D eigenvalue weighted by Crippen LogP contribution is 2.32. The summed E-state index contributed by atoms with van der Waals surface area (Å²) in [7, 11) is 0. The van der Waals surface area contributed by atoms with Crippen molar-refractivity contribution >= 4 is 28.4 Å². The van der Waals surface area contributed by atoms with Crippen molar-refractivity contribution in [3.63, 3.8) is 0 Å². The van der Waals surface area contributed by atoms with Crippen LogP contribution in [0.15, 0.2) is 36.5 Å². The van der Waals surface area contributed by atoms with Gasteiger partial charge in [-0.25, -0.2) is 0 Å². The largest absolute Gasteiger partial charge is 0.508 e. The van der Waals surface area contributed by atoms with E-state index in [1.165, 1.54) is 0 Å². The second-order valence-electron chi connectivity index (χ2n) is 5.31. The topological polar surface area (TPSA) is 68.2 Å². The summed E-state index contributed by atoms with van der Waals surface area (Å²) in [5.41, 5.74) is 9.26. The highest BCUT2D eigenvalue weighted by Gasteiger charge is 2.17. The van der Waals surface area contributed by atoms with Gasteiger partial charge in [0.25, 0.3) is 5.91 Å². The molecule has 112 valence electrons. The Labute approximate surface area is 132 Å². The van der Waals surface area contributed by atoms with Crippen LogP contribution in [0.25, 0.3) is 16.6 Å². The molecule has 3 rings (SSSR count). The Hall–Kier alpha value is -2.46. The Morgan fingerprint density at radius 1 is 1.23 bits per heavy atom. The van der Waals surface area contributed by atoms with Crippen LogP contribution in [-0.4, -0.2) is 15.6 Å². The summed E-state index contributed by atoms with van der Waals surface area (Å²) in [6.45, 7) is 3.79. The van der Waals surface area contributed by atoms with E-state index in [1.807, 2.05) is 30.5 Å². The normalized spacial score (nSPS) is 11.0. The van der Waals surface area contributed by atoms with Crippen molar-refractivity contribution in [2.45, 2.75) is 13.8 Å². The third kappa shape index (κ3) is 2.12. The van der Waals surface area contributed by atoms with Crippen LogP contribution < -0.4 is 5.73 Å². The molecule has 2 aromatic carbocycles. The fraction of sp³-hybridized carbons (Fsp3) is 0.118. The molecule has 22 heavy (non-hydrogen) atoms. The zero-order valence-electron chi connectivity index (χ0n) is 12.2. The van der Waals surface area contributed by atoms with Gasteiger partial charge in [0, 0.05) is 22.2 Å². The molecule has 0 aliphatic rings. The molecule has 0 fully saturated rings. The minimum absolute atomic E-state index is 0.206. The van der Waals surface area contributed by atoms with Crippen molar-refractivity contribution in [1.82, 2.24) is 4.57 Å². The van der Waals surface area contributed by atoms with E-state index in [2.05, 4.69) is 0 Å². The molecule has 0 aliphatic carbocycles. The molecular formula is C17H15ClN2O2. The number of primary amides is 1. The average molecular weight is 315 g/mol. The predicted molar refractivity (Wildman–Crippen MR) is 87.9 cm³/mol. The number of nitrogens with zero attached hydrogens (tertiary/aromatic N) is 1. The molecule has 4 nitrogen and oxygen atoms in total. The summed E-state index contributed by atoms with van der Waals surface area (Å²) < 4.78 is 1.87. The number of carbonyl (C=O) groups excluding carboxylic acids is 1. The van der Waals surface area contributed by atoms with Crippen LogP contribution in [0.4, 0.5) is 0 Å². The van der Waals surface area contributed by atoms with Crippen molar-refractivity contribution < 1.29 is 9.90 Å². The number of phenols is 1. The molecule has 0 unspecified atom stereocenters. The van der Waals surface area contributed by atoms with Crippen LogP contribution >= 0.6 is 11.6 Å². The molecule has 5 heteroatoms. The van der Waals surface area contributed by atoms with Gasteiger partial charge in [0.05, 0.1) is 16.8 Å². The van der Waals surface area contributed by atoms with E-state index < -0.39 is 5.91 Å². The van der Waals surface area contributed by atoms with E-state index in [4.69, 9.17) is 17.3 Å². The summed E-state index contributed by atoms with van der Waals surface area (Å²) in [6, 6.07) is 8.82. The Balaban J connectivity index is 2.43. The van der Waals surface area contributed by atoms with Gasteiger partial charge in [0.15, 0.2) is 0 Å². The van der Waals surface area contributed by atoms with Crippen LogP contribution in [0.1, 0.15) is 21.5 Å². The number of hydrogen-bond acceptors (Lipinski definition) is 2. The number of fused-ring (bicyclic) bond motifs is 1. The van der Waals surface area contributed by atoms with Gasteiger partial charge in [0.1, 0.15) is 5.75 Å². The number of halogens is 1. The summed E-state index contributed by atoms with van der Waals surface area (Å²) in [6.07, 6.45) is 1.69. The van der Waals surface area contributed by atoms with Gasteiger partial charge >= 0.3 is 0 Å². The van der Waals surface area contributed by atoms with Crippen molar-refractivity contribution in [1.29, 1.82) is 0 Å². The maximum atomic E-state index is 11.7. The number of rotatable bonds is 2. The predicted octanol–water partition coefficient (Wildman–Crippen LogP) is 3.71. The number of aryl methyl sites for hydroxylation is 1. The zero-order chi connectivity index (χ0) is 16.0. The van der Waals surface area contributed by atoms with Gasteiger partial charge in [-0.3, -0.25) is 4.79 Å². The SMILES string of the molecule is Cc1ccc(O)c(C)c1-n1cc(C(N)=O)c2cc(Cl)ccc21. The fourth-order valence-electron chi connectivity index (χ4n) is 2.78. The maximum Gasteiger partial charge on any atom is 0.250 e. The third-order valence-corrected chi connectivity index (χ3v) is 4.11. The molecule has 0 aliphatic heterocycles. The molecule has 1 amide bonds. The van der Waals surface area contributed by atoms with E-state index in [1.54, 1.807) is 24.4 Å². The third-order valence-electron chi connectivity index (χ3n) is 3.88. The Kier molecular flexibility index (Phi) is 3.34. The van der Waals surface area contributed by atoms with Gasteiger partial charge in [-0.2, -0.15) is 0 Å². The first-order valence-electron chi connectivity index (χ1n) is 6.80. The van der Waals surface area contributed by atoms with Crippen molar-refractivity contribution in [2.75, 3.05) is 0 Å². The standard InChI is InChI=1S/C17H15ClN2O2/c1-9-3-6-15(21)10(2)16(9)20-8-13(17(19)22)12-7-11(18)4-5-14(12)20/h3-8,21H,1-2H3,(H2,19,22). The Bertz CT molecular complexity index is 913. The van der Waals surface area contributed by atoms with Crippen LogP contribution in [0.2, 0.25) is 5.02 Å². The van der Waals surface area contributed by atoms with Crippen molar-refractivity contribution in [3.05, 3.63) is 58.2 Å². The number of amides is 1.